The average molecular weight is 262 g/mol. The molecule has 0 aliphatic heterocycles. The van der Waals surface area contributed by atoms with Crippen LogP contribution in [-0.4, -0.2) is 48.5 Å². The molecule has 0 aliphatic carbocycles. The van der Waals surface area contributed by atoms with E-state index in [1.165, 1.54) is 13.3 Å². The highest BCUT2D eigenvalue weighted by Crippen LogP contribution is 2.22. The minimum Gasteiger partial charge on any atom is -0.389 e. The van der Waals surface area contributed by atoms with Gasteiger partial charge in [0.05, 0.1) is 18.9 Å². The maximum Gasteiger partial charge on any atom is 0.239 e. The smallest absolute Gasteiger partial charge is 0.239 e. The molecule has 96 valence electrons. The number of aromatic nitrogens is 2. The number of methoxy groups -OCH3 is 1. The maximum absolute atomic E-state index is 9.60. The molecule has 1 unspecified atom stereocenters. The van der Waals surface area contributed by atoms with E-state index in [1.807, 2.05) is 0 Å². The van der Waals surface area contributed by atoms with E-state index >= 15 is 0 Å². The molecule has 0 amide bonds. The lowest BCUT2D eigenvalue weighted by Crippen LogP contribution is -2.32. The zero-order chi connectivity index (χ0) is 12.8. The molecule has 0 aromatic carbocycles. The molecule has 1 heterocycles. The Bertz CT molecular complexity index is 365. The number of aliphatic hydroxyl groups excluding tert-OH is 1. The molecule has 7 nitrogen and oxygen atoms in total. The summed E-state index contributed by atoms with van der Waals surface area (Å²) >= 11 is 5.96. The summed E-state index contributed by atoms with van der Waals surface area (Å²) in [5.41, 5.74) is 2.33. The Kier molecular flexibility index (Phi) is 5.36. The Hall–Kier alpha value is -1.15. The van der Waals surface area contributed by atoms with Gasteiger partial charge in [0.15, 0.2) is 5.82 Å². The van der Waals surface area contributed by atoms with Crippen molar-refractivity contribution in [1.29, 1.82) is 0 Å². The number of nitrogen functional groups attached to an aromatic ring is 1. The number of nitrogens with zero attached hydrogens (tertiary/aromatic N) is 3. The monoisotopic (exact) mass is 261 g/mol. The van der Waals surface area contributed by atoms with Crippen molar-refractivity contribution in [3.05, 3.63) is 11.2 Å². The summed E-state index contributed by atoms with van der Waals surface area (Å²) < 4.78 is 4.84. The lowest BCUT2D eigenvalue weighted by Gasteiger charge is -2.22. The van der Waals surface area contributed by atoms with Crippen molar-refractivity contribution < 1.29 is 9.84 Å². The Morgan fingerprint density at radius 3 is 3.00 bits per heavy atom. The number of aliphatic hydroxyl groups is 1. The summed E-state index contributed by atoms with van der Waals surface area (Å²) in [6, 6.07) is 0. The van der Waals surface area contributed by atoms with Gasteiger partial charge in [0.25, 0.3) is 0 Å². The van der Waals surface area contributed by atoms with Crippen LogP contribution in [0.15, 0.2) is 6.20 Å². The Balaban J connectivity index is 2.76. The van der Waals surface area contributed by atoms with Gasteiger partial charge in [-0.05, 0) is 0 Å². The summed E-state index contributed by atoms with van der Waals surface area (Å²) in [6.45, 7) is 0.587. The molecule has 1 atom stereocenters. The third kappa shape index (κ3) is 3.97. The zero-order valence-corrected chi connectivity index (χ0v) is 10.5. The number of hydrogen-bond donors (Lipinski definition) is 3. The van der Waals surface area contributed by atoms with Crippen LogP contribution in [0.3, 0.4) is 0 Å². The van der Waals surface area contributed by atoms with Crippen LogP contribution >= 0.6 is 11.6 Å². The molecule has 0 fully saturated rings. The molecule has 1 aromatic heterocycles. The fourth-order valence-electron chi connectivity index (χ4n) is 1.34. The van der Waals surface area contributed by atoms with E-state index < -0.39 is 6.10 Å². The van der Waals surface area contributed by atoms with Crippen molar-refractivity contribution in [2.75, 3.05) is 37.6 Å². The maximum atomic E-state index is 9.60. The summed E-state index contributed by atoms with van der Waals surface area (Å²) in [4.78, 5) is 9.66. The van der Waals surface area contributed by atoms with E-state index in [0.717, 1.165) is 0 Å². The average Bonchev–Trinajstić information content (AvgIpc) is 2.29. The van der Waals surface area contributed by atoms with Crippen LogP contribution in [0.25, 0.3) is 0 Å². The molecule has 0 saturated carbocycles. The number of rotatable bonds is 6. The van der Waals surface area contributed by atoms with E-state index in [2.05, 4.69) is 15.4 Å². The van der Waals surface area contributed by atoms with Gasteiger partial charge >= 0.3 is 0 Å². The highest BCUT2D eigenvalue weighted by atomic mass is 35.5. The van der Waals surface area contributed by atoms with Crippen LogP contribution in [0.1, 0.15) is 0 Å². The topological polar surface area (TPSA) is 96.5 Å². The van der Waals surface area contributed by atoms with E-state index in [9.17, 15) is 5.11 Å². The van der Waals surface area contributed by atoms with Gasteiger partial charge < -0.3 is 14.7 Å². The second-order valence-electron chi connectivity index (χ2n) is 3.50. The molecule has 8 heteroatoms. The first kappa shape index (κ1) is 13.9. The molecule has 1 aromatic rings. The number of hydrazine groups is 1. The van der Waals surface area contributed by atoms with Crippen LogP contribution in [0.5, 0.6) is 0 Å². The first-order valence-corrected chi connectivity index (χ1v) is 5.33. The summed E-state index contributed by atoms with van der Waals surface area (Å²) in [7, 11) is 3.28. The molecular formula is C9H16ClN5O2. The van der Waals surface area contributed by atoms with Crippen LogP contribution in [0, 0.1) is 0 Å². The normalized spacial score (nSPS) is 12.3. The summed E-state index contributed by atoms with van der Waals surface area (Å²) in [6.07, 6.45) is 0.823. The van der Waals surface area contributed by atoms with Crippen molar-refractivity contribution in [2.24, 2.45) is 5.84 Å². The van der Waals surface area contributed by atoms with E-state index in [1.54, 1.807) is 11.9 Å². The number of anilines is 2. The van der Waals surface area contributed by atoms with Crippen molar-refractivity contribution in [2.45, 2.75) is 6.10 Å². The minimum atomic E-state index is -0.620. The van der Waals surface area contributed by atoms with Crippen LogP contribution in [0.2, 0.25) is 5.02 Å². The Labute approximate surface area is 105 Å². The fourth-order valence-corrected chi connectivity index (χ4v) is 1.58. The fraction of sp³-hybridized carbons (Fsp3) is 0.556. The molecule has 0 radical (unpaired) electrons. The number of halogens is 1. The third-order valence-electron chi connectivity index (χ3n) is 2.06. The molecule has 0 spiro atoms. The quantitative estimate of drug-likeness (QED) is 0.484. The Morgan fingerprint density at radius 1 is 1.71 bits per heavy atom. The summed E-state index contributed by atoms with van der Waals surface area (Å²) in [5, 5.41) is 9.99. The van der Waals surface area contributed by atoms with Gasteiger partial charge in [-0.3, -0.25) is 5.43 Å². The lowest BCUT2D eigenvalue weighted by atomic mass is 10.3. The molecule has 4 N–H and O–H groups in total. The van der Waals surface area contributed by atoms with Gasteiger partial charge in [0.1, 0.15) is 5.02 Å². The second kappa shape index (κ2) is 6.55. The minimum absolute atomic E-state index is 0.245. The van der Waals surface area contributed by atoms with Crippen molar-refractivity contribution in [3.8, 4) is 0 Å². The van der Waals surface area contributed by atoms with Crippen molar-refractivity contribution >= 4 is 23.4 Å². The number of ether oxygens (including phenoxy) is 1. The molecule has 0 aliphatic rings. The van der Waals surface area contributed by atoms with E-state index in [4.69, 9.17) is 22.2 Å². The van der Waals surface area contributed by atoms with E-state index in [-0.39, 0.29) is 12.6 Å². The molecule has 0 saturated heterocycles. The standard InChI is InChI=1S/C9H16ClN5O2/c1-15(4-6(16)5-17-2)8-7(10)3-12-9(13-8)14-11/h3,6,16H,4-5,11H2,1-2H3,(H,12,13,14). The highest BCUT2D eigenvalue weighted by molar-refractivity contribution is 6.32. The number of nitrogens with one attached hydrogen (secondary N) is 1. The van der Waals surface area contributed by atoms with Gasteiger partial charge in [0.2, 0.25) is 5.95 Å². The third-order valence-corrected chi connectivity index (χ3v) is 2.33. The number of hydrogen-bond acceptors (Lipinski definition) is 7. The van der Waals surface area contributed by atoms with Crippen molar-refractivity contribution in [3.63, 3.8) is 0 Å². The second-order valence-corrected chi connectivity index (χ2v) is 3.91. The summed E-state index contributed by atoms with van der Waals surface area (Å²) in [5.74, 6) is 5.96. The first-order valence-electron chi connectivity index (χ1n) is 4.95. The highest BCUT2D eigenvalue weighted by Gasteiger charge is 2.13. The van der Waals surface area contributed by atoms with Gasteiger partial charge in [-0.25, -0.2) is 10.8 Å². The van der Waals surface area contributed by atoms with Crippen molar-refractivity contribution in [1.82, 2.24) is 9.97 Å². The lowest BCUT2D eigenvalue weighted by molar-refractivity contribution is 0.0694. The number of nitrogens with two attached hydrogens (primary N) is 1. The van der Waals surface area contributed by atoms with Crippen LogP contribution in [-0.2, 0) is 4.74 Å². The van der Waals surface area contributed by atoms with Gasteiger partial charge in [-0.1, -0.05) is 11.6 Å². The van der Waals surface area contributed by atoms with Crippen LogP contribution < -0.4 is 16.2 Å². The molecule has 0 bridgehead atoms. The Morgan fingerprint density at radius 2 is 2.41 bits per heavy atom. The van der Waals surface area contributed by atoms with Gasteiger partial charge in [-0.15, -0.1) is 0 Å². The molecular weight excluding hydrogens is 246 g/mol. The molecule has 1 rings (SSSR count). The zero-order valence-electron chi connectivity index (χ0n) is 9.72. The predicted octanol–water partition coefficient (Wildman–Crippen LogP) is -0.141. The molecule has 17 heavy (non-hydrogen) atoms. The van der Waals surface area contributed by atoms with Gasteiger partial charge in [-0.2, -0.15) is 4.98 Å². The largest absolute Gasteiger partial charge is 0.389 e. The first-order chi connectivity index (χ1) is 8.08. The predicted molar refractivity (Wildman–Crippen MR) is 66.0 cm³/mol. The number of likely N-dealkylation sites (N-methyl/N-ethyl adjacent to an activating group) is 1. The van der Waals surface area contributed by atoms with E-state index in [0.29, 0.717) is 17.4 Å². The SMILES string of the molecule is COCC(O)CN(C)c1nc(NN)ncc1Cl. The van der Waals surface area contributed by atoms with Gasteiger partial charge in [0, 0.05) is 20.7 Å². The van der Waals surface area contributed by atoms with Crippen LogP contribution in [0.4, 0.5) is 11.8 Å².